The number of benzene rings is 2. The number of hydrogen-bond acceptors (Lipinski definition) is 6. The van der Waals surface area contributed by atoms with Crippen molar-refractivity contribution >= 4 is 41.0 Å². The third-order valence-electron chi connectivity index (χ3n) is 3.91. The van der Waals surface area contributed by atoms with Crippen LogP contribution in [0.5, 0.6) is 5.75 Å². The Kier molecular flexibility index (Phi) is 6.65. The first-order valence-electron chi connectivity index (χ1n) is 8.56. The van der Waals surface area contributed by atoms with Gasteiger partial charge in [0.2, 0.25) is 0 Å². The summed E-state index contributed by atoms with van der Waals surface area (Å²) in [6.45, 7) is 1.28. The first kappa shape index (κ1) is 21.3. The van der Waals surface area contributed by atoms with Crippen molar-refractivity contribution in [1.29, 1.82) is 0 Å². The van der Waals surface area contributed by atoms with Crippen LogP contribution in [0.25, 0.3) is 5.69 Å². The van der Waals surface area contributed by atoms with Gasteiger partial charge in [-0.15, -0.1) is 0 Å². The highest BCUT2D eigenvalue weighted by atomic mass is 35.5. The van der Waals surface area contributed by atoms with Crippen LogP contribution >= 0.6 is 23.2 Å². The van der Waals surface area contributed by atoms with Gasteiger partial charge in [0.25, 0.3) is 5.91 Å². The van der Waals surface area contributed by atoms with E-state index in [2.05, 4.69) is 15.6 Å². The molecule has 0 fully saturated rings. The minimum Gasteiger partial charge on any atom is -0.477 e. The Hall–Kier alpha value is -3.43. The smallest absolute Gasteiger partial charge is 0.312 e. The van der Waals surface area contributed by atoms with Crippen LogP contribution in [-0.2, 0) is 4.79 Å². The second kappa shape index (κ2) is 9.38. The van der Waals surface area contributed by atoms with Crippen LogP contribution in [0.3, 0.4) is 0 Å². The number of nitro groups is 1. The Balaban J connectivity index is 1.63. The summed E-state index contributed by atoms with van der Waals surface area (Å²) in [5.74, 6) is -0.689. The van der Waals surface area contributed by atoms with Crippen LogP contribution < -0.4 is 10.2 Å². The van der Waals surface area contributed by atoms with Crippen LogP contribution in [0.4, 0.5) is 5.69 Å². The Labute approximate surface area is 181 Å². The van der Waals surface area contributed by atoms with Gasteiger partial charge < -0.3 is 4.74 Å². The summed E-state index contributed by atoms with van der Waals surface area (Å²) in [5, 5.41) is 19.8. The van der Waals surface area contributed by atoms with Gasteiger partial charge in [0, 0.05) is 11.1 Å². The number of carbonyl (C=O) groups is 1. The summed E-state index contributed by atoms with van der Waals surface area (Å²) >= 11 is 12.1. The number of hydrogen-bond donors (Lipinski definition) is 1. The number of aryl methyl sites for hydroxylation is 1. The van der Waals surface area contributed by atoms with Gasteiger partial charge in [0.05, 0.1) is 28.1 Å². The molecule has 0 aliphatic carbocycles. The highest BCUT2D eigenvalue weighted by Gasteiger charge is 2.17. The van der Waals surface area contributed by atoms with Gasteiger partial charge >= 0.3 is 5.69 Å². The zero-order valence-corrected chi connectivity index (χ0v) is 17.1. The minimum absolute atomic E-state index is 0.0773. The van der Waals surface area contributed by atoms with Gasteiger partial charge in [-0.05, 0) is 31.2 Å². The number of halogens is 2. The monoisotopic (exact) mass is 447 g/mol. The predicted octanol–water partition coefficient (Wildman–Crippen LogP) is 3.92. The molecule has 0 saturated heterocycles. The molecule has 3 aromatic rings. The predicted molar refractivity (Wildman–Crippen MR) is 113 cm³/mol. The Morgan fingerprint density at radius 1 is 1.30 bits per heavy atom. The second-order valence-corrected chi connectivity index (χ2v) is 6.78. The number of rotatable bonds is 7. The van der Waals surface area contributed by atoms with E-state index >= 15 is 0 Å². The molecule has 0 aliphatic heterocycles. The SMILES string of the molecule is Cc1nn(-c2ccccc2)c(Cl)c1/C=N\NC(=O)COc1ccc(Cl)cc1[N+](=O)[O-]. The fourth-order valence-corrected chi connectivity index (χ4v) is 2.99. The molecule has 2 aromatic carbocycles. The molecular formula is C19H15Cl2N5O4. The maximum Gasteiger partial charge on any atom is 0.312 e. The lowest BCUT2D eigenvalue weighted by atomic mass is 10.3. The van der Waals surface area contributed by atoms with E-state index in [1.54, 1.807) is 11.6 Å². The van der Waals surface area contributed by atoms with Crippen molar-refractivity contribution in [2.24, 2.45) is 5.10 Å². The number of carbonyl (C=O) groups excluding carboxylic acids is 1. The summed E-state index contributed by atoms with van der Waals surface area (Å²) in [6, 6.07) is 13.2. The van der Waals surface area contributed by atoms with Gasteiger partial charge in [-0.3, -0.25) is 14.9 Å². The third kappa shape index (κ3) is 4.94. The first-order valence-corrected chi connectivity index (χ1v) is 9.31. The van der Waals surface area contributed by atoms with Crippen molar-refractivity contribution < 1.29 is 14.5 Å². The molecular weight excluding hydrogens is 433 g/mol. The molecule has 1 aromatic heterocycles. The molecule has 154 valence electrons. The van der Waals surface area contributed by atoms with Crippen molar-refractivity contribution in [3.63, 3.8) is 0 Å². The Bertz CT molecular complexity index is 1120. The molecule has 0 aliphatic rings. The molecule has 0 spiro atoms. The molecule has 0 bridgehead atoms. The average molecular weight is 448 g/mol. The molecule has 0 radical (unpaired) electrons. The standard InChI is InChI=1S/C19H15Cl2N5O4/c1-12-15(19(21)25(24-12)14-5-3-2-4-6-14)10-22-23-18(27)11-30-17-8-7-13(20)9-16(17)26(28)29/h2-10H,11H2,1H3,(H,23,27)/b22-10-. The first-order chi connectivity index (χ1) is 14.4. The van der Waals surface area contributed by atoms with Crippen molar-refractivity contribution in [3.8, 4) is 11.4 Å². The topological polar surface area (TPSA) is 112 Å². The largest absolute Gasteiger partial charge is 0.477 e. The van der Waals surface area contributed by atoms with Gasteiger partial charge in [0.1, 0.15) is 5.15 Å². The van der Waals surface area contributed by atoms with E-state index in [9.17, 15) is 14.9 Å². The molecule has 0 unspecified atom stereocenters. The van der Waals surface area contributed by atoms with Gasteiger partial charge in [0.15, 0.2) is 12.4 Å². The molecule has 30 heavy (non-hydrogen) atoms. The number of nitrogens with one attached hydrogen (secondary N) is 1. The number of nitro benzene ring substituents is 1. The van der Waals surface area contributed by atoms with Crippen LogP contribution in [0.1, 0.15) is 11.3 Å². The quantitative estimate of drug-likeness (QED) is 0.335. The van der Waals surface area contributed by atoms with E-state index < -0.39 is 17.4 Å². The minimum atomic E-state index is -0.646. The maximum atomic E-state index is 12.0. The lowest BCUT2D eigenvalue weighted by Gasteiger charge is -2.06. The fourth-order valence-electron chi connectivity index (χ4n) is 2.50. The van der Waals surface area contributed by atoms with E-state index in [0.717, 1.165) is 11.8 Å². The van der Waals surface area contributed by atoms with E-state index in [0.29, 0.717) is 16.4 Å². The molecule has 11 heteroatoms. The van der Waals surface area contributed by atoms with Crippen LogP contribution in [0.2, 0.25) is 10.2 Å². The molecule has 0 atom stereocenters. The zero-order chi connectivity index (χ0) is 21.7. The maximum absolute atomic E-state index is 12.0. The van der Waals surface area contributed by atoms with Crippen molar-refractivity contribution in [1.82, 2.24) is 15.2 Å². The molecule has 3 rings (SSSR count). The molecule has 1 heterocycles. The summed E-state index contributed by atoms with van der Waals surface area (Å²) < 4.78 is 6.76. The fraction of sp³-hybridized carbons (Fsp3) is 0.105. The normalized spacial score (nSPS) is 10.9. The van der Waals surface area contributed by atoms with Crippen molar-refractivity contribution in [3.05, 3.63) is 80.1 Å². The van der Waals surface area contributed by atoms with Gasteiger partial charge in [-0.1, -0.05) is 41.4 Å². The molecule has 1 amide bonds. The number of para-hydroxylation sites is 1. The summed E-state index contributed by atoms with van der Waals surface area (Å²) in [4.78, 5) is 22.3. The highest BCUT2D eigenvalue weighted by molar-refractivity contribution is 6.32. The molecule has 9 nitrogen and oxygen atoms in total. The lowest BCUT2D eigenvalue weighted by Crippen LogP contribution is -2.24. The number of nitrogens with zero attached hydrogens (tertiary/aromatic N) is 4. The molecule has 1 N–H and O–H groups in total. The number of hydrazone groups is 1. The average Bonchev–Trinajstić information content (AvgIpc) is 3.01. The summed E-state index contributed by atoms with van der Waals surface area (Å²) in [7, 11) is 0. The number of ether oxygens (including phenoxy) is 1. The van der Waals surface area contributed by atoms with Gasteiger partial charge in [-0.25, -0.2) is 10.1 Å². The van der Waals surface area contributed by atoms with E-state index in [1.165, 1.54) is 18.3 Å². The van der Waals surface area contributed by atoms with Crippen LogP contribution in [-0.4, -0.2) is 33.4 Å². The van der Waals surface area contributed by atoms with E-state index in [-0.39, 0.29) is 16.5 Å². The van der Waals surface area contributed by atoms with E-state index in [4.69, 9.17) is 27.9 Å². The Morgan fingerprint density at radius 3 is 2.73 bits per heavy atom. The second-order valence-electron chi connectivity index (χ2n) is 5.99. The summed E-state index contributed by atoms with van der Waals surface area (Å²) in [6.07, 6.45) is 1.37. The molecule has 0 saturated carbocycles. The van der Waals surface area contributed by atoms with E-state index in [1.807, 2.05) is 30.3 Å². The lowest BCUT2D eigenvalue weighted by molar-refractivity contribution is -0.385. The van der Waals surface area contributed by atoms with Crippen LogP contribution in [0, 0.1) is 17.0 Å². The van der Waals surface area contributed by atoms with Gasteiger partial charge in [-0.2, -0.15) is 10.2 Å². The third-order valence-corrected chi connectivity index (χ3v) is 4.51. The number of amides is 1. The van der Waals surface area contributed by atoms with Crippen LogP contribution in [0.15, 0.2) is 53.6 Å². The zero-order valence-electron chi connectivity index (χ0n) is 15.6. The summed E-state index contributed by atoms with van der Waals surface area (Å²) in [5.41, 5.74) is 3.88. The van der Waals surface area contributed by atoms with Crippen molar-refractivity contribution in [2.45, 2.75) is 6.92 Å². The van der Waals surface area contributed by atoms with Crippen molar-refractivity contribution in [2.75, 3.05) is 6.61 Å². The highest BCUT2D eigenvalue weighted by Crippen LogP contribution is 2.29. The Morgan fingerprint density at radius 2 is 2.03 bits per heavy atom. The number of aromatic nitrogens is 2.